The molecule has 0 aliphatic carbocycles. The molecule has 1 saturated heterocycles. The van der Waals surface area contributed by atoms with Gasteiger partial charge in [-0.15, -0.1) is 0 Å². The fraction of sp³-hybridized carbons (Fsp3) is 0.538. The number of hydrogen-bond acceptors (Lipinski definition) is 4. The van der Waals surface area contributed by atoms with Crippen LogP contribution in [0.2, 0.25) is 0 Å². The summed E-state index contributed by atoms with van der Waals surface area (Å²) in [4.78, 5) is 0. The molecule has 1 aliphatic heterocycles. The number of phenolic OH excluding ortho intramolecular Hbond substituents is 1. The minimum atomic E-state index is -0.503. The zero-order valence-electron chi connectivity index (χ0n) is 11.3. The van der Waals surface area contributed by atoms with Crippen molar-refractivity contribution in [3.63, 3.8) is 0 Å². The van der Waals surface area contributed by atoms with Gasteiger partial charge in [-0.2, -0.15) is 0 Å². The Hall–Kier alpha value is -1.04. The van der Waals surface area contributed by atoms with Gasteiger partial charge in [0.1, 0.15) is 5.75 Å². The average molecular weight is 249 g/mol. The van der Waals surface area contributed by atoms with Crippen LogP contribution in [-0.2, 0) is 9.31 Å². The number of benzene rings is 1. The Labute approximate surface area is 108 Å². The summed E-state index contributed by atoms with van der Waals surface area (Å²) in [6, 6.07) is 6.86. The normalized spacial score (nSPS) is 23.1. The maximum atomic E-state index is 9.47. The van der Waals surface area contributed by atoms with Crippen molar-refractivity contribution >= 4 is 7.12 Å². The summed E-state index contributed by atoms with van der Waals surface area (Å²) in [6.07, 6.45) is 0. The van der Waals surface area contributed by atoms with Gasteiger partial charge in [0.15, 0.2) is 0 Å². The maximum Gasteiger partial charge on any atom is 0.480 e. The van der Waals surface area contributed by atoms with E-state index in [1.165, 1.54) is 0 Å². The molecule has 1 aliphatic rings. The Morgan fingerprint density at radius 1 is 1.17 bits per heavy atom. The number of rotatable bonds is 2. The number of phenols is 1. The summed E-state index contributed by atoms with van der Waals surface area (Å²) < 4.78 is 11.8. The third-order valence-electron chi connectivity index (χ3n) is 3.82. The van der Waals surface area contributed by atoms with E-state index in [9.17, 15) is 5.11 Å². The highest BCUT2D eigenvalue weighted by Gasteiger charge is 2.53. The van der Waals surface area contributed by atoms with E-state index in [2.05, 4.69) is 0 Å². The summed E-state index contributed by atoms with van der Waals surface area (Å²) in [6.45, 7) is 7.95. The first-order chi connectivity index (χ1) is 8.23. The van der Waals surface area contributed by atoms with Crippen molar-refractivity contribution in [3.05, 3.63) is 29.8 Å². The van der Waals surface area contributed by atoms with Crippen molar-refractivity contribution in [2.75, 3.05) is 0 Å². The standard InChI is InChI=1S/C13H20BNO3/c1-12(2)13(3,4)18-14(17-12)11(15)9-6-5-7-10(16)8-9/h5-8,11,16H,15H2,1-4H3/t11-/m1/s1. The van der Waals surface area contributed by atoms with Crippen LogP contribution < -0.4 is 5.73 Å². The van der Waals surface area contributed by atoms with Gasteiger partial charge in [0.2, 0.25) is 0 Å². The average Bonchev–Trinajstić information content (AvgIpc) is 2.47. The Morgan fingerprint density at radius 3 is 2.22 bits per heavy atom. The highest BCUT2D eigenvalue weighted by molar-refractivity contribution is 6.47. The topological polar surface area (TPSA) is 64.7 Å². The summed E-state index contributed by atoms with van der Waals surface area (Å²) >= 11 is 0. The smallest absolute Gasteiger partial charge is 0.480 e. The molecule has 0 bridgehead atoms. The lowest BCUT2D eigenvalue weighted by atomic mass is 9.75. The second-order valence-electron chi connectivity index (χ2n) is 5.75. The van der Waals surface area contributed by atoms with Crippen LogP contribution in [0, 0.1) is 0 Å². The Bertz CT molecular complexity index is 432. The van der Waals surface area contributed by atoms with Crippen molar-refractivity contribution in [1.29, 1.82) is 0 Å². The van der Waals surface area contributed by atoms with Gasteiger partial charge in [-0.3, -0.25) is 0 Å². The molecule has 1 atom stereocenters. The number of nitrogens with two attached hydrogens (primary N) is 1. The zero-order valence-corrected chi connectivity index (χ0v) is 11.3. The third-order valence-corrected chi connectivity index (χ3v) is 3.82. The molecule has 3 N–H and O–H groups in total. The van der Waals surface area contributed by atoms with Crippen molar-refractivity contribution < 1.29 is 14.4 Å². The summed E-state index contributed by atoms with van der Waals surface area (Å²) in [7, 11) is -0.503. The quantitative estimate of drug-likeness (QED) is 0.787. The van der Waals surface area contributed by atoms with Crippen LogP contribution in [0.1, 0.15) is 39.2 Å². The molecule has 2 rings (SSSR count). The van der Waals surface area contributed by atoms with Crippen LogP contribution in [0.3, 0.4) is 0 Å². The molecule has 0 amide bonds. The first-order valence-corrected chi connectivity index (χ1v) is 6.13. The summed E-state index contributed by atoms with van der Waals surface area (Å²) in [5, 5.41) is 9.47. The number of hydrogen-bond donors (Lipinski definition) is 2. The lowest BCUT2D eigenvalue weighted by molar-refractivity contribution is 0.00578. The van der Waals surface area contributed by atoms with E-state index in [1.54, 1.807) is 18.2 Å². The van der Waals surface area contributed by atoms with Crippen molar-refractivity contribution in [3.8, 4) is 5.75 Å². The summed E-state index contributed by atoms with van der Waals surface area (Å²) in [5.41, 5.74) is 6.16. The predicted octanol–water partition coefficient (Wildman–Crippen LogP) is 2.02. The van der Waals surface area contributed by atoms with E-state index in [4.69, 9.17) is 15.0 Å². The van der Waals surface area contributed by atoms with Gasteiger partial charge in [-0.1, -0.05) is 12.1 Å². The van der Waals surface area contributed by atoms with Crippen molar-refractivity contribution in [2.45, 2.75) is 44.8 Å². The Kier molecular flexibility index (Phi) is 3.17. The van der Waals surface area contributed by atoms with Gasteiger partial charge in [-0.25, -0.2) is 0 Å². The minimum absolute atomic E-state index is 0.194. The molecule has 1 fully saturated rings. The van der Waals surface area contributed by atoms with Crippen LogP contribution in [0.25, 0.3) is 0 Å². The molecule has 1 aromatic rings. The Morgan fingerprint density at radius 2 is 1.72 bits per heavy atom. The van der Waals surface area contributed by atoms with Gasteiger partial charge in [-0.05, 0) is 45.4 Å². The van der Waals surface area contributed by atoms with E-state index in [0.29, 0.717) is 0 Å². The molecule has 0 radical (unpaired) electrons. The van der Waals surface area contributed by atoms with Crippen molar-refractivity contribution in [1.82, 2.24) is 0 Å². The van der Waals surface area contributed by atoms with Gasteiger partial charge >= 0.3 is 7.12 Å². The molecule has 0 saturated carbocycles. The van der Waals surface area contributed by atoms with Gasteiger partial charge in [0.25, 0.3) is 0 Å². The van der Waals surface area contributed by atoms with E-state index < -0.39 is 24.3 Å². The van der Waals surface area contributed by atoms with E-state index in [0.717, 1.165) is 5.56 Å². The van der Waals surface area contributed by atoms with Crippen LogP contribution in [0.5, 0.6) is 5.75 Å². The maximum absolute atomic E-state index is 9.47. The fourth-order valence-electron chi connectivity index (χ4n) is 1.92. The highest BCUT2D eigenvalue weighted by Crippen LogP contribution is 2.39. The molecule has 0 unspecified atom stereocenters. The molecule has 98 valence electrons. The van der Waals surface area contributed by atoms with Crippen LogP contribution >= 0.6 is 0 Å². The molecule has 0 spiro atoms. The van der Waals surface area contributed by atoms with E-state index in [-0.39, 0.29) is 5.75 Å². The molecular weight excluding hydrogens is 229 g/mol. The molecular formula is C13H20BNO3. The SMILES string of the molecule is CC1(C)OB([C@H](N)c2cccc(O)c2)OC1(C)C. The van der Waals surface area contributed by atoms with Crippen LogP contribution in [0.15, 0.2) is 24.3 Å². The molecule has 18 heavy (non-hydrogen) atoms. The lowest BCUT2D eigenvalue weighted by Crippen LogP contribution is -2.41. The first kappa shape index (κ1) is 13.4. The van der Waals surface area contributed by atoms with Gasteiger partial charge in [0, 0.05) is 0 Å². The second kappa shape index (κ2) is 4.26. The monoisotopic (exact) mass is 249 g/mol. The Balaban J connectivity index is 2.20. The van der Waals surface area contributed by atoms with Gasteiger partial charge in [0.05, 0.1) is 17.1 Å². The second-order valence-corrected chi connectivity index (χ2v) is 5.75. The predicted molar refractivity (Wildman–Crippen MR) is 71.1 cm³/mol. The summed E-state index contributed by atoms with van der Waals surface area (Å²) in [5.74, 6) is -0.224. The highest BCUT2D eigenvalue weighted by atomic mass is 16.7. The van der Waals surface area contributed by atoms with E-state index >= 15 is 0 Å². The lowest BCUT2D eigenvalue weighted by Gasteiger charge is -2.32. The number of aromatic hydroxyl groups is 1. The van der Waals surface area contributed by atoms with Crippen molar-refractivity contribution in [2.24, 2.45) is 5.73 Å². The first-order valence-electron chi connectivity index (χ1n) is 6.13. The van der Waals surface area contributed by atoms with E-state index in [1.807, 2.05) is 33.8 Å². The third kappa shape index (κ3) is 2.26. The largest absolute Gasteiger partial charge is 0.508 e. The molecule has 0 aromatic heterocycles. The fourth-order valence-corrected chi connectivity index (χ4v) is 1.92. The molecule has 1 aromatic carbocycles. The minimum Gasteiger partial charge on any atom is -0.508 e. The molecule has 1 heterocycles. The zero-order chi connectivity index (χ0) is 13.6. The van der Waals surface area contributed by atoms with Crippen LogP contribution in [0.4, 0.5) is 0 Å². The van der Waals surface area contributed by atoms with Crippen LogP contribution in [-0.4, -0.2) is 23.4 Å². The molecule has 4 nitrogen and oxygen atoms in total. The molecule has 5 heteroatoms. The van der Waals surface area contributed by atoms with Gasteiger partial charge < -0.3 is 20.1 Å².